The predicted octanol–water partition coefficient (Wildman–Crippen LogP) is 0.519. The van der Waals surface area contributed by atoms with Crippen molar-refractivity contribution in [2.75, 3.05) is 26.3 Å². The Hall–Kier alpha value is -0.330. The minimum Gasteiger partial charge on any atom is -0.396 e. The third-order valence-electron chi connectivity index (χ3n) is 1.90. The highest BCUT2D eigenvalue weighted by atomic mass is 19.4. The van der Waals surface area contributed by atoms with Gasteiger partial charge in [-0.1, -0.05) is 6.92 Å². The second kappa shape index (κ2) is 5.53. The van der Waals surface area contributed by atoms with Crippen molar-refractivity contribution in [2.45, 2.75) is 19.5 Å². The number of aliphatic hydroxyl groups is 2. The van der Waals surface area contributed by atoms with E-state index in [1.807, 2.05) is 0 Å². The predicted molar refractivity (Wildman–Crippen MR) is 45.8 cm³/mol. The summed E-state index contributed by atoms with van der Waals surface area (Å²) in [5.74, 6) is 0. The lowest BCUT2D eigenvalue weighted by molar-refractivity contribution is -0.133. The van der Waals surface area contributed by atoms with Crippen LogP contribution in [0.3, 0.4) is 0 Å². The second-order valence-corrected chi connectivity index (χ2v) is 3.67. The average Bonchev–Trinajstić information content (AvgIpc) is 2.11. The second-order valence-electron chi connectivity index (χ2n) is 3.67. The molecule has 86 valence electrons. The highest BCUT2D eigenvalue weighted by molar-refractivity contribution is 4.74. The van der Waals surface area contributed by atoms with Crippen molar-refractivity contribution in [1.82, 2.24) is 5.32 Å². The number of halogens is 3. The molecule has 0 amide bonds. The van der Waals surface area contributed by atoms with Gasteiger partial charge in [-0.2, -0.15) is 13.2 Å². The molecule has 0 heterocycles. The van der Waals surface area contributed by atoms with Crippen molar-refractivity contribution < 1.29 is 23.4 Å². The van der Waals surface area contributed by atoms with E-state index < -0.39 is 18.0 Å². The summed E-state index contributed by atoms with van der Waals surface area (Å²) in [5, 5.41) is 20.2. The van der Waals surface area contributed by atoms with Crippen molar-refractivity contribution in [3.8, 4) is 0 Å². The van der Waals surface area contributed by atoms with Gasteiger partial charge in [-0.05, 0) is 0 Å². The fourth-order valence-electron chi connectivity index (χ4n) is 0.782. The van der Waals surface area contributed by atoms with Gasteiger partial charge in [0.05, 0.1) is 19.6 Å². The van der Waals surface area contributed by atoms with Crippen LogP contribution in [-0.4, -0.2) is 42.7 Å². The Morgan fingerprint density at radius 2 is 1.64 bits per heavy atom. The first kappa shape index (κ1) is 13.7. The van der Waals surface area contributed by atoms with E-state index in [1.54, 1.807) is 6.92 Å². The van der Waals surface area contributed by atoms with Gasteiger partial charge in [-0.15, -0.1) is 0 Å². The van der Waals surface area contributed by atoms with E-state index in [4.69, 9.17) is 10.2 Å². The highest BCUT2D eigenvalue weighted by Crippen LogP contribution is 2.18. The van der Waals surface area contributed by atoms with Gasteiger partial charge in [-0.25, -0.2) is 0 Å². The van der Waals surface area contributed by atoms with E-state index >= 15 is 0 Å². The maximum atomic E-state index is 11.7. The molecule has 0 saturated carbocycles. The van der Waals surface area contributed by atoms with Gasteiger partial charge >= 0.3 is 6.18 Å². The highest BCUT2D eigenvalue weighted by Gasteiger charge is 2.27. The number of aliphatic hydroxyl groups excluding tert-OH is 2. The zero-order valence-corrected chi connectivity index (χ0v) is 8.06. The molecule has 0 aliphatic carbocycles. The van der Waals surface area contributed by atoms with Gasteiger partial charge in [0.2, 0.25) is 0 Å². The van der Waals surface area contributed by atoms with Crippen LogP contribution < -0.4 is 5.32 Å². The molecule has 0 atom stereocenters. The normalized spacial score (nSPS) is 13.3. The van der Waals surface area contributed by atoms with Crippen molar-refractivity contribution in [1.29, 1.82) is 0 Å². The van der Waals surface area contributed by atoms with Crippen LogP contribution in [0.4, 0.5) is 13.2 Å². The van der Waals surface area contributed by atoms with E-state index in [-0.39, 0.29) is 26.3 Å². The van der Waals surface area contributed by atoms with Crippen molar-refractivity contribution in [3.63, 3.8) is 0 Å². The summed E-state index contributed by atoms with van der Waals surface area (Å²) < 4.78 is 35.1. The molecule has 0 unspecified atom stereocenters. The van der Waals surface area contributed by atoms with Gasteiger partial charge < -0.3 is 15.5 Å². The SMILES string of the molecule is CC(CO)(CO)CNCCC(F)(F)F. The molecule has 0 saturated heterocycles. The molecule has 0 aromatic heterocycles. The lowest BCUT2D eigenvalue weighted by Gasteiger charge is -2.24. The summed E-state index contributed by atoms with van der Waals surface area (Å²) in [6.07, 6.45) is -5.07. The number of rotatable bonds is 6. The van der Waals surface area contributed by atoms with Crippen molar-refractivity contribution >= 4 is 0 Å². The summed E-state index contributed by atoms with van der Waals surface area (Å²) in [6.45, 7) is 1.04. The van der Waals surface area contributed by atoms with Crippen LogP contribution in [0, 0.1) is 5.41 Å². The van der Waals surface area contributed by atoms with Crippen LogP contribution in [0.25, 0.3) is 0 Å². The van der Waals surface area contributed by atoms with E-state index in [1.165, 1.54) is 0 Å². The number of alkyl halides is 3. The quantitative estimate of drug-likeness (QED) is 0.566. The third kappa shape index (κ3) is 6.17. The standard InChI is InChI=1S/C8H16F3NO2/c1-7(5-13,6-14)4-12-3-2-8(9,10)11/h12-14H,2-6H2,1H3. The Morgan fingerprint density at radius 1 is 1.14 bits per heavy atom. The Labute approximate surface area is 80.9 Å². The van der Waals surface area contributed by atoms with Crippen LogP contribution in [0.15, 0.2) is 0 Å². The van der Waals surface area contributed by atoms with Gasteiger partial charge in [0, 0.05) is 18.5 Å². The Kier molecular flexibility index (Phi) is 5.40. The fourth-order valence-corrected chi connectivity index (χ4v) is 0.782. The topological polar surface area (TPSA) is 52.5 Å². The average molecular weight is 215 g/mol. The van der Waals surface area contributed by atoms with Crippen LogP contribution in [0.5, 0.6) is 0 Å². The Bertz CT molecular complexity index is 157. The Morgan fingerprint density at radius 3 is 2.00 bits per heavy atom. The van der Waals surface area contributed by atoms with Crippen LogP contribution >= 0.6 is 0 Å². The molecule has 3 nitrogen and oxygen atoms in total. The molecule has 0 spiro atoms. The largest absolute Gasteiger partial charge is 0.396 e. The van der Waals surface area contributed by atoms with Crippen LogP contribution in [-0.2, 0) is 0 Å². The lowest BCUT2D eigenvalue weighted by Crippen LogP contribution is -2.39. The maximum absolute atomic E-state index is 11.7. The molecule has 0 radical (unpaired) electrons. The first-order valence-corrected chi connectivity index (χ1v) is 4.32. The molecule has 3 N–H and O–H groups in total. The fraction of sp³-hybridized carbons (Fsp3) is 1.00. The van der Waals surface area contributed by atoms with E-state index in [0.717, 1.165) is 0 Å². The monoisotopic (exact) mass is 215 g/mol. The summed E-state index contributed by atoms with van der Waals surface area (Å²) in [6, 6.07) is 0. The zero-order valence-electron chi connectivity index (χ0n) is 8.06. The lowest BCUT2D eigenvalue weighted by atomic mass is 9.93. The molecule has 6 heteroatoms. The zero-order chi connectivity index (χ0) is 11.2. The molecule has 0 aliphatic rings. The van der Waals surface area contributed by atoms with Gasteiger partial charge in [0.1, 0.15) is 0 Å². The minimum atomic E-state index is -4.16. The van der Waals surface area contributed by atoms with Gasteiger partial charge in [0.25, 0.3) is 0 Å². The summed E-state index contributed by atoms with van der Waals surface area (Å²) >= 11 is 0. The molecule has 0 bridgehead atoms. The van der Waals surface area contributed by atoms with Crippen molar-refractivity contribution in [2.24, 2.45) is 5.41 Å². The van der Waals surface area contributed by atoms with E-state index in [2.05, 4.69) is 5.32 Å². The smallest absolute Gasteiger partial charge is 0.390 e. The van der Waals surface area contributed by atoms with Gasteiger partial charge in [0.15, 0.2) is 0 Å². The number of nitrogens with one attached hydrogen (secondary N) is 1. The number of hydrogen-bond donors (Lipinski definition) is 3. The first-order chi connectivity index (χ1) is 6.33. The van der Waals surface area contributed by atoms with E-state index in [0.29, 0.717) is 0 Å². The van der Waals surface area contributed by atoms with Gasteiger partial charge in [-0.3, -0.25) is 0 Å². The molecule has 0 aromatic carbocycles. The molecule has 14 heavy (non-hydrogen) atoms. The first-order valence-electron chi connectivity index (χ1n) is 4.32. The van der Waals surface area contributed by atoms with Crippen molar-refractivity contribution in [3.05, 3.63) is 0 Å². The number of hydrogen-bond acceptors (Lipinski definition) is 3. The summed E-state index contributed by atoms with van der Waals surface area (Å²) in [4.78, 5) is 0. The molecule has 0 rings (SSSR count). The maximum Gasteiger partial charge on any atom is 0.390 e. The van der Waals surface area contributed by atoms with Crippen LogP contribution in [0.2, 0.25) is 0 Å². The molecular formula is C8H16F3NO2. The molecule has 0 aliphatic heterocycles. The third-order valence-corrected chi connectivity index (χ3v) is 1.90. The molecule has 0 fully saturated rings. The summed E-state index contributed by atoms with van der Waals surface area (Å²) in [7, 11) is 0. The minimum absolute atomic E-state index is 0.163. The van der Waals surface area contributed by atoms with E-state index in [9.17, 15) is 13.2 Å². The molecular weight excluding hydrogens is 199 g/mol. The summed E-state index contributed by atoms with van der Waals surface area (Å²) in [5.41, 5.74) is -0.758. The molecule has 0 aromatic rings. The van der Waals surface area contributed by atoms with Crippen LogP contribution in [0.1, 0.15) is 13.3 Å². The Balaban J connectivity index is 3.63.